The molecular formula is C28H30ClN3O3. The zero-order valence-electron chi connectivity index (χ0n) is 19.6. The molecule has 4 rings (SSSR count). The maximum Gasteiger partial charge on any atom is 0.253 e. The molecule has 1 aliphatic carbocycles. The Labute approximate surface area is 211 Å². The Kier molecular flexibility index (Phi) is 8.63. The lowest BCUT2D eigenvalue weighted by atomic mass is 9.95. The third kappa shape index (κ3) is 7.23. The number of para-hydroxylation sites is 2. The maximum atomic E-state index is 12.7. The van der Waals surface area contributed by atoms with E-state index in [1.807, 2.05) is 54.6 Å². The standard InChI is InChI=1S/C28H30ClN3O3/c29-24-16-15-22(17-23(24)28(34)32-21-11-5-2-6-12-21)31-27(33)18-30-25-13-7-8-14-26(25)35-19-20-9-3-1-4-10-20/h1,3-4,7-10,13-17,21,30H,2,5-6,11-12,18-19H2,(H,31,33)(H,32,34). The molecule has 3 aromatic carbocycles. The number of anilines is 2. The molecule has 3 aromatic rings. The summed E-state index contributed by atoms with van der Waals surface area (Å²) in [5, 5.41) is 9.40. The van der Waals surface area contributed by atoms with Gasteiger partial charge in [-0.1, -0.05) is 73.3 Å². The molecule has 0 bridgehead atoms. The van der Waals surface area contributed by atoms with Gasteiger partial charge in [0.1, 0.15) is 12.4 Å². The van der Waals surface area contributed by atoms with E-state index in [0.29, 0.717) is 28.6 Å². The molecule has 1 saturated carbocycles. The Balaban J connectivity index is 1.33. The summed E-state index contributed by atoms with van der Waals surface area (Å²) in [7, 11) is 0. The van der Waals surface area contributed by atoms with Crippen LogP contribution in [0.1, 0.15) is 48.0 Å². The topological polar surface area (TPSA) is 79.5 Å². The lowest BCUT2D eigenvalue weighted by molar-refractivity contribution is -0.114. The van der Waals surface area contributed by atoms with Crippen LogP contribution in [0.25, 0.3) is 0 Å². The van der Waals surface area contributed by atoms with Crippen LogP contribution in [0.4, 0.5) is 11.4 Å². The van der Waals surface area contributed by atoms with Crippen LogP contribution in [0.5, 0.6) is 5.75 Å². The van der Waals surface area contributed by atoms with Crippen molar-refractivity contribution < 1.29 is 14.3 Å². The highest BCUT2D eigenvalue weighted by Gasteiger charge is 2.19. The molecule has 0 radical (unpaired) electrons. The number of hydrogen-bond acceptors (Lipinski definition) is 4. The van der Waals surface area contributed by atoms with Crippen LogP contribution in [0.2, 0.25) is 5.02 Å². The van der Waals surface area contributed by atoms with Crippen molar-refractivity contribution in [2.24, 2.45) is 0 Å². The number of nitrogens with one attached hydrogen (secondary N) is 3. The predicted octanol–water partition coefficient (Wildman–Crippen LogP) is 6.03. The van der Waals surface area contributed by atoms with Crippen molar-refractivity contribution in [1.82, 2.24) is 5.32 Å². The van der Waals surface area contributed by atoms with Gasteiger partial charge in [0.15, 0.2) is 0 Å². The smallest absolute Gasteiger partial charge is 0.253 e. The average molecular weight is 492 g/mol. The number of ether oxygens (including phenoxy) is 1. The van der Waals surface area contributed by atoms with Crippen LogP contribution in [0.3, 0.4) is 0 Å². The number of carbonyl (C=O) groups excluding carboxylic acids is 2. The van der Waals surface area contributed by atoms with Crippen molar-refractivity contribution in [2.45, 2.75) is 44.8 Å². The highest BCUT2D eigenvalue weighted by Crippen LogP contribution is 2.25. The second-order valence-corrected chi connectivity index (χ2v) is 9.08. The first kappa shape index (κ1) is 24.6. The van der Waals surface area contributed by atoms with Gasteiger partial charge in [-0.15, -0.1) is 0 Å². The van der Waals surface area contributed by atoms with Gasteiger partial charge in [0.05, 0.1) is 22.8 Å². The first-order chi connectivity index (χ1) is 17.1. The van der Waals surface area contributed by atoms with E-state index in [9.17, 15) is 9.59 Å². The quantitative estimate of drug-likeness (QED) is 0.341. The first-order valence-electron chi connectivity index (χ1n) is 12.0. The van der Waals surface area contributed by atoms with Crippen molar-refractivity contribution in [1.29, 1.82) is 0 Å². The van der Waals surface area contributed by atoms with Crippen LogP contribution < -0.4 is 20.7 Å². The van der Waals surface area contributed by atoms with E-state index in [1.54, 1.807) is 18.2 Å². The predicted molar refractivity (Wildman–Crippen MR) is 140 cm³/mol. The summed E-state index contributed by atoms with van der Waals surface area (Å²) in [6.45, 7) is 0.472. The Morgan fingerprint density at radius 1 is 0.914 bits per heavy atom. The van der Waals surface area contributed by atoms with Crippen molar-refractivity contribution in [3.8, 4) is 5.75 Å². The first-order valence-corrected chi connectivity index (χ1v) is 12.4. The number of benzene rings is 3. The molecule has 1 fully saturated rings. The van der Waals surface area contributed by atoms with Crippen LogP contribution in [-0.4, -0.2) is 24.4 Å². The molecule has 0 unspecified atom stereocenters. The largest absolute Gasteiger partial charge is 0.487 e. The van der Waals surface area contributed by atoms with Crippen molar-refractivity contribution in [3.05, 3.63) is 88.9 Å². The van der Waals surface area contributed by atoms with Crippen molar-refractivity contribution >= 4 is 34.8 Å². The van der Waals surface area contributed by atoms with E-state index in [1.165, 1.54) is 6.42 Å². The van der Waals surface area contributed by atoms with E-state index in [4.69, 9.17) is 16.3 Å². The second-order valence-electron chi connectivity index (χ2n) is 8.68. The van der Waals surface area contributed by atoms with E-state index < -0.39 is 0 Å². The molecule has 7 heteroatoms. The molecular weight excluding hydrogens is 462 g/mol. The fourth-order valence-electron chi connectivity index (χ4n) is 4.14. The third-order valence-electron chi connectivity index (χ3n) is 6.00. The molecule has 182 valence electrons. The molecule has 35 heavy (non-hydrogen) atoms. The molecule has 0 heterocycles. The number of rotatable bonds is 9. The molecule has 3 N–H and O–H groups in total. The Morgan fingerprint density at radius 2 is 1.66 bits per heavy atom. The van der Waals surface area contributed by atoms with Gasteiger partial charge in [-0.3, -0.25) is 9.59 Å². The van der Waals surface area contributed by atoms with Gasteiger partial charge in [0, 0.05) is 11.7 Å². The fraction of sp³-hybridized carbons (Fsp3) is 0.286. The SMILES string of the molecule is O=C(CNc1ccccc1OCc1ccccc1)Nc1ccc(Cl)c(C(=O)NC2CCCCC2)c1. The Hall–Kier alpha value is -3.51. The van der Waals surface area contributed by atoms with Crippen LogP contribution in [0.15, 0.2) is 72.8 Å². The summed E-state index contributed by atoms with van der Waals surface area (Å²) in [5.41, 5.74) is 2.67. The number of hydrogen-bond donors (Lipinski definition) is 3. The highest BCUT2D eigenvalue weighted by atomic mass is 35.5. The average Bonchev–Trinajstić information content (AvgIpc) is 2.89. The number of amides is 2. The zero-order chi connectivity index (χ0) is 24.5. The molecule has 0 aliphatic heterocycles. The summed E-state index contributed by atoms with van der Waals surface area (Å²) in [6, 6.07) is 22.5. The van der Waals surface area contributed by atoms with E-state index in [0.717, 1.165) is 36.9 Å². The van der Waals surface area contributed by atoms with Crippen LogP contribution >= 0.6 is 11.6 Å². The van der Waals surface area contributed by atoms with Crippen molar-refractivity contribution in [2.75, 3.05) is 17.2 Å². The minimum atomic E-state index is -0.246. The van der Waals surface area contributed by atoms with Crippen molar-refractivity contribution in [3.63, 3.8) is 0 Å². The van der Waals surface area contributed by atoms with Gasteiger partial charge in [0.25, 0.3) is 5.91 Å². The molecule has 0 spiro atoms. The fourth-order valence-corrected chi connectivity index (χ4v) is 4.35. The second kappa shape index (κ2) is 12.3. The number of carbonyl (C=O) groups is 2. The maximum absolute atomic E-state index is 12.7. The highest BCUT2D eigenvalue weighted by molar-refractivity contribution is 6.34. The summed E-state index contributed by atoms with van der Waals surface area (Å²) in [5.74, 6) is 0.210. The lowest BCUT2D eigenvalue weighted by Gasteiger charge is -2.23. The lowest BCUT2D eigenvalue weighted by Crippen LogP contribution is -2.36. The van der Waals surface area contributed by atoms with E-state index in [-0.39, 0.29) is 24.4 Å². The molecule has 0 saturated heterocycles. The summed E-state index contributed by atoms with van der Waals surface area (Å²) in [4.78, 5) is 25.4. The summed E-state index contributed by atoms with van der Waals surface area (Å²) >= 11 is 6.28. The molecule has 2 amide bonds. The minimum absolute atomic E-state index is 0.0396. The van der Waals surface area contributed by atoms with Crippen LogP contribution in [-0.2, 0) is 11.4 Å². The summed E-state index contributed by atoms with van der Waals surface area (Å²) in [6.07, 6.45) is 5.45. The van der Waals surface area contributed by atoms with Gasteiger partial charge in [-0.2, -0.15) is 0 Å². The van der Waals surface area contributed by atoms with Gasteiger partial charge < -0.3 is 20.7 Å². The zero-order valence-corrected chi connectivity index (χ0v) is 20.3. The Bertz CT molecular complexity index is 1150. The monoisotopic (exact) mass is 491 g/mol. The number of halogens is 1. The van der Waals surface area contributed by atoms with Gasteiger partial charge in [-0.05, 0) is 48.7 Å². The molecule has 0 aromatic heterocycles. The van der Waals surface area contributed by atoms with Gasteiger partial charge in [-0.25, -0.2) is 0 Å². The third-order valence-corrected chi connectivity index (χ3v) is 6.33. The molecule has 6 nitrogen and oxygen atoms in total. The van der Waals surface area contributed by atoms with E-state index in [2.05, 4.69) is 16.0 Å². The normalized spacial score (nSPS) is 13.6. The molecule has 0 atom stereocenters. The van der Waals surface area contributed by atoms with E-state index >= 15 is 0 Å². The Morgan fingerprint density at radius 3 is 2.46 bits per heavy atom. The van der Waals surface area contributed by atoms with Crippen LogP contribution in [0, 0.1) is 0 Å². The minimum Gasteiger partial charge on any atom is -0.487 e. The molecule has 1 aliphatic rings. The summed E-state index contributed by atoms with van der Waals surface area (Å²) < 4.78 is 5.94. The van der Waals surface area contributed by atoms with Gasteiger partial charge in [0.2, 0.25) is 5.91 Å². The van der Waals surface area contributed by atoms with Gasteiger partial charge >= 0.3 is 0 Å².